The van der Waals surface area contributed by atoms with Crippen LogP contribution in [0.4, 0.5) is 39.1 Å². The van der Waals surface area contributed by atoms with Gasteiger partial charge in [-0.2, -0.15) is 4.58 Å². The first-order chi connectivity index (χ1) is 28.1. The smallest absolute Gasteiger partial charge is 0.292 e. The van der Waals surface area contributed by atoms with Gasteiger partial charge in [0.2, 0.25) is 17.1 Å². The topological polar surface area (TPSA) is 65.8 Å². The lowest BCUT2D eigenvalue weighted by molar-refractivity contribution is -0.435. The summed E-state index contributed by atoms with van der Waals surface area (Å²) in [5.41, 5.74) is 14.8. The lowest BCUT2D eigenvalue weighted by Gasteiger charge is -2.27. The van der Waals surface area contributed by atoms with Gasteiger partial charge in [-0.15, -0.1) is 11.3 Å². The molecule has 0 radical (unpaired) electrons. The number of anilines is 4. The van der Waals surface area contributed by atoms with Gasteiger partial charge in [0.1, 0.15) is 12.2 Å². The summed E-state index contributed by atoms with van der Waals surface area (Å²) >= 11 is 1.44. The summed E-state index contributed by atoms with van der Waals surface area (Å²) in [6.07, 6.45) is 8.70. The van der Waals surface area contributed by atoms with E-state index in [2.05, 4.69) is 146 Å². The lowest BCUT2D eigenvalue weighted by Crippen LogP contribution is -2.18. The molecule has 58 heavy (non-hydrogen) atoms. The SMILES string of the molecule is [C-]#[N+]c1c(Nc2ccccc2[N+](=O)[O-])sc(C(=C2C=CC(=[N+](CC)c3c(C)cccc3C)C=C2)c2ccc(N(CC)c3c(C)cccc3C)cc2)c1-c1ccccc1. The van der Waals surface area contributed by atoms with Gasteiger partial charge in [-0.1, -0.05) is 91.0 Å². The molecule has 1 aromatic heterocycles. The molecular weight excluding hydrogens is 735 g/mol. The predicted molar refractivity (Wildman–Crippen MR) is 243 cm³/mol. The van der Waals surface area contributed by atoms with Crippen molar-refractivity contribution in [3.05, 3.63) is 199 Å². The molecule has 7 nitrogen and oxygen atoms in total. The van der Waals surface area contributed by atoms with Crippen molar-refractivity contribution in [1.82, 2.24) is 0 Å². The van der Waals surface area contributed by atoms with Crippen LogP contribution in [0.2, 0.25) is 0 Å². The van der Waals surface area contributed by atoms with Crippen LogP contribution >= 0.6 is 11.3 Å². The molecule has 7 rings (SSSR count). The monoisotopic (exact) mass is 780 g/mol. The minimum absolute atomic E-state index is 0.0567. The number of allylic oxidation sites excluding steroid dienone is 5. The van der Waals surface area contributed by atoms with Gasteiger partial charge in [0.15, 0.2) is 0 Å². The number of nitro groups is 1. The number of para-hydroxylation sites is 4. The van der Waals surface area contributed by atoms with Crippen LogP contribution in [0.5, 0.6) is 0 Å². The zero-order valence-electron chi connectivity index (χ0n) is 33.7. The van der Waals surface area contributed by atoms with Crippen molar-refractivity contribution in [2.75, 3.05) is 23.3 Å². The molecular formula is C50H46N5O2S+. The van der Waals surface area contributed by atoms with Crippen molar-refractivity contribution < 1.29 is 9.50 Å². The molecule has 0 unspecified atom stereocenters. The Bertz CT molecular complexity index is 2640. The van der Waals surface area contributed by atoms with Crippen molar-refractivity contribution in [1.29, 1.82) is 0 Å². The highest BCUT2D eigenvalue weighted by molar-refractivity contribution is 7.18. The van der Waals surface area contributed by atoms with E-state index in [9.17, 15) is 10.1 Å². The molecule has 0 saturated heterocycles. The number of rotatable bonds is 11. The number of hydrogen-bond donors (Lipinski definition) is 1. The molecule has 1 N–H and O–H groups in total. The molecule has 0 spiro atoms. The molecule has 6 aromatic rings. The van der Waals surface area contributed by atoms with Gasteiger partial charge in [-0.05, 0) is 99.7 Å². The second-order valence-electron chi connectivity index (χ2n) is 14.3. The molecule has 288 valence electrons. The Morgan fingerprint density at radius 1 is 0.759 bits per heavy atom. The third-order valence-corrected chi connectivity index (χ3v) is 11.7. The second kappa shape index (κ2) is 17.1. The first kappa shape index (κ1) is 39.4. The summed E-state index contributed by atoms with van der Waals surface area (Å²) in [5, 5.41) is 15.9. The minimum Gasteiger partial charge on any atom is -0.350 e. The van der Waals surface area contributed by atoms with Crippen LogP contribution in [0.15, 0.2) is 145 Å². The number of thiophene rings is 1. The van der Waals surface area contributed by atoms with E-state index in [1.165, 1.54) is 51.0 Å². The number of aryl methyl sites for hydroxylation is 4. The maximum Gasteiger partial charge on any atom is 0.292 e. The van der Waals surface area contributed by atoms with E-state index in [-0.39, 0.29) is 5.69 Å². The predicted octanol–water partition coefficient (Wildman–Crippen LogP) is 13.7. The van der Waals surface area contributed by atoms with Gasteiger partial charge in [-0.3, -0.25) is 10.1 Å². The van der Waals surface area contributed by atoms with E-state index >= 15 is 0 Å². The molecule has 0 bridgehead atoms. The van der Waals surface area contributed by atoms with Gasteiger partial charge < -0.3 is 10.2 Å². The number of hydrogen-bond acceptors (Lipinski definition) is 5. The van der Waals surface area contributed by atoms with Crippen LogP contribution < -0.4 is 10.2 Å². The minimum atomic E-state index is -0.400. The van der Waals surface area contributed by atoms with Crippen LogP contribution in [0.25, 0.3) is 21.5 Å². The van der Waals surface area contributed by atoms with E-state index < -0.39 is 4.92 Å². The van der Waals surface area contributed by atoms with E-state index in [0.29, 0.717) is 16.4 Å². The molecule has 0 saturated carbocycles. The third-order valence-electron chi connectivity index (χ3n) is 10.6. The first-order valence-electron chi connectivity index (χ1n) is 19.5. The standard InChI is InChI=1S/C50H45N5O2S/c1-8-53(47-33(3)17-15-18-34(47)4)40-29-25-38(26-30-40)44(39-27-31-41(32-28-39)54(9-2)48-35(5)19-16-20-36(48)6)49-45(37-21-11-10-12-22-37)46(51-7)50(58-49)52-42-23-13-14-24-43(42)55(56)57/h10-32H,8-9H2,1-6H3/p+1. The molecule has 0 amide bonds. The Hall–Kier alpha value is -6.82. The fourth-order valence-corrected chi connectivity index (χ4v) is 9.23. The van der Waals surface area contributed by atoms with Crippen LogP contribution in [-0.2, 0) is 0 Å². The number of benzene rings is 5. The Morgan fingerprint density at radius 2 is 1.36 bits per heavy atom. The highest BCUT2D eigenvalue weighted by atomic mass is 32.1. The molecule has 0 aliphatic heterocycles. The highest BCUT2D eigenvalue weighted by Crippen LogP contribution is 2.53. The number of nitro benzene ring substituents is 1. The van der Waals surface area contributed by atoms with E-state index in [1.54, 1.807) is 18.2 Å². The van der Waals surface area contributed by atoms with Crippen molar-refractivity contribution in [2.24, 2.45) is 0 Å². The maximum absolute atomic E-state index is 12.1. The summed E-state index contributed by atoms with van der Waals surface area (Å²) in [7, 11) is 0. The zero-order chi connectivity index (χ0) is 40.9. The van der Waals surface area contributed by atoms with E-state index in [0.717, 1.165) is 57.2 Å². The van der Waals surface area contributed by atoms with Crippen molar-refractivity contribution in [3.8, 4) is 11.1 Å². The maximum atomic E-state index is 12.1. The summed E-state index contributed by atoms with van der Waals surface area (Å²) in [6.45, 7) is 23.1. The Morgan fingerprint density at radius 3 is 1.95 bits per heavy atom. The number of nitrogens with zero attached hydrogens (tertiary/aromatic N) is 4. The molecule has 0 atom stereocenters. The van der Waals surface area contributed by atoms with Crippen LogP contribution in [0.3, 0.4) is 0 Å². The van der Waals surface area contributed by atoms with Crippen molar-refractivity contribution >= 4 is 61.7 Å². The summed E-state index contributed by atoms with van der Waals surface area (Å²) < 4.78 is 2.35. The quantitative estimate of drug-likeness (QED) is 0.0615. The molecule has 0 fully saturated rings. The molecule has 1 heterocycles. The Balaban J connectivity index is 1.46. The summed E-state index contributed by atoms with van der Waals surface area (Å²) in [6, 6.07) is 38.0. The Kier molecular flexibility index (Phi) is 11.6. The molecule has 1 aliphatic carbocycles. The average molecular weight is 781 g/mol. The highest BCUT2D eigenvalue weighted by Gasteiger charge is 2.27. The van der Waals surface area contributed by atoms with Crippen LogP contribution in [0, 0.1) is 44.4 Å². The van der Waals surface area contributed by atoms with Crippen molar-refractivity contribution in [3.63, 3.8) is 0 Å². The second-order valence-corrected chi connectivity index (χ2v) is 15.3. The largest absolute Gasteiger partial charge is 0.350 e. The molecule has 1 aliphatic rings. The molecule has 5 aromatic carbocycles. The lowest BCUT2D eigenvalue weighted by atomic mass is 9.91. The van der Waals surface area contributed by atoms with Crippen LogP contribution in [0.1, 0.15) is 46.5 Å². The summed E-state index contributed by atoms with van der Waals surface area (Å²) in [4.78, 5) is 19.0. The zero-order valence-corrected chi connectivity index (χ0v) is 34.5. The number of nitrogens with one attached hydrogen (secondary N) is 1. The van der Waals surface area contributed by atoms with E-state index in [1.807, 2.05) is 30.3 Å². The average Bonchev–Trinajstić information content (AvgIpc) is 3.59. The third kappa shape index (κ3) is 7.65. The van der Waals surface area contributed by atoms with Gasteiger partial charge >= 0.3 is 0 Å². The van der Waals surface area contributed by atoms with Crippen LogP contribution in [-0.4, -0.2) is 28.3 Å². The Labute approximate surface area is 345 Å². The van der Waals surface area contributed by atoms with Gasteiger partial charge in [0, 0.05) is 63.3 Å². The van der Waals surface area contributed by atoms with Gasteiger partial charge in [-0.25, -0.2) is 4.85 Å². The van der Waals surface area contributed by atoms with Gasteiger partial charge in [0.05, 0.1) is 16.5 Å². The fraction of sp³-hybridized carbons (Fsp3) is 0.160. The first-order valence-corrected chi connectivity index (χ1v) is 20.3. The molecule has 8 heteroatoms. The van der Waals surface area contributed by atoms with Crippen molar-refractivity contribution in [2.45, 2.75) is 41.5 Å². The van der Waals surface area contributed by atoms with E-state index in [4.69, 9.17) is 6.57 Å². The normalized spacial score (nSPS) is 12.0. The van der Waals surface area contributed by atoms with Gasteiger partial charge in [0.25, 0.3) is 5.69 Å². The fourth-order valence-electron chi connectivity index (χ4n) is 7.97. The summed E-state index contributed by atoms with van der Waals surface area (Å²) in [5.74, 6) is 0.